The summed E-state index contributed by atoms with van der Waals surface area (Å²) in [4.78, 5) is 22.6. The van der Waals surface area contributed by atoms with Gasteiger partial charge < -0.3 is 15.0 Å². The Bertz CT molecular complexity index is 1280. The first-order valence-corrected chi connectivity index (χ1v) is 12.8. The van der Waals surface area contributed by atoms with Crippen LogP contribution in [-0.2, 0) is 18.6 Å². The minimum atomic E-state index is -0.0212. The molecule has 3 heterocycles. The molecule has 10 heteroatoms. The van der Waals surface area contributed by atoms with Gasteiger partial charge in [0.1, 0.15) is 16.4 Å². The zero-order chi connectivity index (χ0) is 21.2. The summed E-state index contributed by atoms with van der Waals surface area (Å²) >= 11 is 4.65. The summed E-state index contributed by atoms with van der Waals surface area (Å²) in [6, 6.07) is 7.75. The lowest BCUT2D eigenvalue weighted by atomic mass is 9.97. The number of fused-ring (bicyclic) bond motifs is 3. The van der Waals surface area contributed by atoms with Crippen molar-refractivity contribution in [3.05, 3.63) is 50.9 Å². The number of aromatic amines is 1. The van der Waals surface area contributed by atoms with Crippen LogP contribution in [0.2, 0.25) is 0 Å². The topological polar surface area (TPSA) is 92.8 Å². The van der Waals surface area contributed by atoms with Gasteiger partial charge in [0, 0.05) is 4.88 Å². The Balaban J connectivity index is 1.29. The molecule has 3 aromatic heterocycles. The number of aromatic nitrogens is 4. The molecule has 1 aromatic carbocycles. The Morgan fingerprint density at radius 3 is 2.97 bits per heavy atom. The van der Waals surface area contributed by atoms with Crippen molar-refractivity contribution in [2.75, 3.05) is 11.9 Å². The van der Waals surface area contributed by atoms with Gasteiger partial charge >= 0.3 is 0 Å². The van der Waals surface area contributed by atoms with E-state index in [1.807, 2.05) is 31.2 Å². The summed E-state index contributed by atoms with van der Waals surface area (Å²) in [6.07, 6.45) is 4.40. The molecule has 160 valence electrons. The van der Waals surface area contributed by atoms with E-state index < -0.39 is 0 Å². The first kappa shape index (κ1) is 20.5. The standard InChI is InChI=1S/C21H21N5O2S3/c1-2-28-14-9-5-4-8-13(14)22-20-25-26-21(31-20)29-11-16-23-18(27)17-12-7-3-6-10-15(12)30-19(17)24-16/h4-5,8-9H,2-3,6-7,10-11H2,1H3,(H,22,25)(H,23,24,27). The van der Waals surface area contributed by atoms with Gasteiger partial charge in [0.05, 0.1) is 23.4 Å². The van der Waals surface area contributed by atoms with Gasteiger partial charge in [-0.1, -0.05) is 35.2 Å². The van der Waals surface area contributed by atoms with E-state index in [9.17, 15) is 4.79 Å². The van der Waals surface area contributed by atoms with Gasteiger partial charge in [0.2, 0.25) is 5.13 Å². The number of thiophene rings is 1. The third-order valence-electron chi connectivity index (χ3n) is 5.04. The maximum absolute atomic E-state index is 12.7. The Labute approximate surface area is 191 Å². The minimum Gasteiger partial charge on any atom is -0.492 e. The first-order valence-electron chi connectivity index (χ1n) is 10.2. The van der Waals surface area contributed by atoms with E-state index in [1.54, 1.807) is 11.3 Å². The fourth-order valence-electron chi connectivity index (χ4n) is 3.69. The molecule has 1 aliphatic rings. The van der Waals surface area contributed by atoms with Crippen LogP contribution in [-0.4, -0.2) is 26.8 Å². The van der Waals surface area contributed by atoms with Crippen LogP contribution < -0.4 is 15.6 Å². The molecule has 1 aliphatic carbocycles. The average Bonchev–Trinajstić information content (AvgIpc) is 3.38. The Morgan fingerprint density at radius 1 is 1.19 bits per heavy atom. The molecule has 0 saturated heterocycles. The number of rotatable bonds is 7. The van der Waals surface area contributed by atoms with Gasteiger partial charge in [0.15, 0.2) is 4.34 Å². The number of hydrogen-bond acceptors (Lipinski definition) is 9. The van der Waals surface area contributed by atoms with Crippen molar-refractivity contribution in [1.29, 1.82) is 0 Å². The molecule has 31 heavy (non-hydrogen) atoms. The molecule has 0 unspecified atom stereocenters. The van der Waals surface area contributed by atoms with Crippen LogP contribution in [0.25, 0.3) is 10.2 Å². The van der Waals surface area contributed by atoms with Gasteiger partial charge in [-0.2, -0.15) is 0 Å². The highest BCUT2D eigenvalue weighted by atomic mass is 32.2. The number of para-hydroxylation sites is 2. The lowest BCUT2D eigenvalue weighted by Crippen LogP contribution is -2.12. The monoisotopic (exact) mass is 471 g/mol. The predicted octanol–water partition coefficient (Wildman–Crippen LogP) is 5.15. The van der Waals surface area contributed by atoms with E-state index in [0.29, 0.717) is 23.3 Å². The van der Waals surface area contributed by atoms with E-state index >= 15 is 0 Å². The SMILES string of the molecule is CCOc1ccccc1Nc1nnc(SCc2nc3sc4c(c3c(=O)[nH]2)CCCC4)s1. The second-order valence-corrected chi connectivity index (χ2v) is 10.4. The average molecular weight is 472 g/mol. The maximum Gasteiger partial charge on any atom is 0.259 e. The van der Waals surface area contributed by atoms with Crippen molar-refractivity contribution >= 4 is 55.5 Å². The summed E-state index contributed by atoms with van der Waals surface area (Å²) in [5.74, 6) is 1.99. The number of benzene rings is 1. The van der Waals surface area contributed by atoms with E-state index in [4.69, 9.17) is 9.72 Å². The molecule has 0 bridgehead atoms. The third-order valence-corrected chi connectivity index (χ3v) is 8.21. The lowest BCUT2D eigenvalue weighted by Gasteiger charge is -2.09. The van der Waals surface area contributed by atoms with Crippen LogP contribution in [0.1, 0.15) is 36.0 Å². The summed E-state index contributed by atoms with van der Waals surface area (Å²) in [5.41, 5.74) is 2.05. The quantitative estimate of drug-likeness (QED) is 0.360. The van der Waals surface area contributed by atoms with E-state index in [1.165, 1.54) is 40.0 Å². The molecule has 2 N–H and O–H groups in total. The molecular formula is C21H21N5O2S3. The predicted molar refractivity (Wildman–Crippen MR) is 127 cm³/mol. The fraction of sp³-hybridized carbons (Fsp3) is 0.333. The van der Waals surface area contributed by atoms with Crippen LogP contribution in [0.4, 0.5) is 10.8 Å². The molecule has 0 atom stereocenters. The molecular weight excluding hydrogens is 450 g/mol. The van der Waals surface area contributed by atoms with Gasteiger partial charge in [0.25, 0.3) is 5.56 Å². The minimum absolute atomic E-state index is 0.0212. The van der Waals surface area contributed by atoms with Gasteiger partial charge in [-0.3, -0.25) is 4.79 Å². The van der Waals surface area contributed by atoms with Gasteiger partial charge in [-0.05, 0) is 50.3 Å². The van der Waals surface area contributed by atoms with Crippen molar-refractivity contribution in [3.8, 4) is 5.75 Å². The van der Waals surface area contributed by atoms with E-state index in [-0.39, 0.29) is 5.56 Å². The third kappa shape index (κ3) is 4.32. The number of nitrogens with one attached hydrogen (secondary N) is 2. The zero-order valence-electron chi connectivity index (χ0n) is 16.9. The molecule has 0 spiro atoms. The number of nitrogens with zero attached hydrogens (tertiary/aromatic N) is 3. The number of aryl methyl sites for hydroxylation is 2. The van der Waals surface area contributed by atoms with Gasteiger partial charge in [-0.25, -0.2) is 4.98 Å². The molecule has 5 rings (SSSR count). The normalized spacial score (nSPS) is 13.3. The first-order chi connectivity index (χ1) is 15.2. The lowest BCUT2D eigenvalue weighted by molar-refractivity contribution is 0.342. The molecule has 7 nitrogen and oxygen atoms in total. The molecule has 0 saturated carbocycles. The smallest absolute Gasteiger partial charge is 0.259 e. The highest BCUT2D eigenvalue weighted by Crippen LogP contribution is 2.35. The van der Waals surface area contributed by atoms with Crippen molar-refractivity contribution < 1.29 is 4.74 Å². The van der Waals surface area contributed by atoms with Crippen LogP contribution in [0, 0.1) is 0 Å². The van der Waals surface area contributed by atoms with Crippen molar-refractivity contribution in [1.82, 2.24) is 20.2 Å². The number of anilines is 2. The summed E-state index contributed by atoms with van der Waals surface area (Å²) < 4.78 is 6.46. The van der Waals surface area contributed by atoms with Crippen LogP contribution in [0.3, 0.4) is 0 Å². The number of H-pyrrole nitrogens is 1. The number of ether oxygens (including phenoxy) is 1. The van der Waals surface area contributed by atoms with Gasteiger partial charge in [-0.15, -0.1) is 21.5 Å². The Kier molecular flexibility index (Phi) is 5.93. The van der Waals surface area contributed by atoms with E-state index in [2.05, 4.69) is 20.5 Å². The van der Waals surface area contributed by atoms with Crippen LogP contribution in [0.15, 0.2) is 33.4 Å². The molecule has 0 radical (unpaired) electrons. The highest BCUT2D eigenvalue weighted by Gasteiger charge is 2.20. The second kappa shape index (κ2) is 8.97. The van der Waals surface area contributed by atoms with Crippen molar-refractivity contribution in [3.63, 3.8) is 0 Å². The zero-order valence-corrected chi connectivity index (χ0v) is 19.4. The van der Waals surface area contributed by atoms with Crippen molar-refractivity contribution in [2.45, 2.75) is 42.7 Å². The summed E-state index contributed by atoms with van der Waals surface area (Å²) in [5, 5.41) is 13.2. The molecule has 0 fully saturated rings. The molecule has 4 aromatic rings. The second-order valence-electron chi connectivity index (χ2n) is 7.12. The van der Waals surface area contributed by atoms with Crippen LogP contribution in [0.5, 0.6) is 5.75 Å². The molecule has 0 amide bonds. The fourth-order valence-corrected chi connectivity index (χ4v) is 6.61. The summed E-state index contributed by atoms with van der Waals surface area (Å²) in [7, 11) is 0. The van der Waals surface area contributed by atoms with Crippen LogP contribution >= 0.6 is 34.4 Å². The van der Waals surface area contributed by atoms with E-state index in [0.717, 1.165) is 45.3 Å². The number of thioether (sulfide) groups is 1. The largest absolute Gasteiger partial charge is 0.492 e. The van der Waals surface area contributed by atoms with Crippen molar-refractivity contribution in [2.24, 2.45) is 0 Å². The maximum atomic E-state index is 12.7. The Hall–Kier alpha value is -2.43. The molecule has 0 aliphatic heterocycles. The number of hydrogen-bond donors (Lipinski definition) is 2. The highest BCUT2D eigenvalue weighted by molar-refractivity contribution is 8.00. The Morgan fingerprint density at radius 2 is 2.06 bits per heavy atom. The summed E-state index contributed by atoms with van der Waals surface area (Å²) in [6.45, 7) is 2.55.